The Hall–Kier alpha value is -3.68. The summed E-state index contributed by atoms with van der Waals surface area (Å²) < 4.78 is 15.5. The highest BCUT2D eigenvalue weighted by Gasteiger charge is 2.28. The molecule has 0 fully saturated rings. The molecule has 1 heterocycles. The average molecular weight is 395 g/mol. The van der Waals surface area contributed by atoms with Crippen LogP contribution in [-0.4, -0.2) is 36.0 Å². The van der Waals surface area contributed by atoms with Crippen molar-refractivity contribution >= 4 is 17.7 Å². The topological polar surface area (TPSA) is 104 Å². The number of carbonyl (C=O) groups is 2. The Kier molecular flexibility index (Phi) is 6.57. The highest BCUT2D eigenvalue weighted by atomic mass is 16.5. The number of aromatic nitrogens is 2. The Labute approximate surface area is 167 Å². The molecule has 29 heavy (non-hydrogen) atoms. The Morgan fingerprint density at radius 3 is 2.45 bits per heavy atom. The second-order valence-electron chi connectivity index (χ2n) is 6.13. The lowest BCUT2D eigenvalue weighted by molar-refractivity contribution is -0.145. The number of nitrogens with zero attached hydrogens (tertiary/aromatic N) is 2. The van der Waals surface area contributed by atoms with Crippen LogP contribution in [0.1, 0.15) is 24.3 Å². The van der Waals surface area contributed by atoms with Gasteiger partial charge in [0, 0.05) is 11.3 Å². The first kappa shape index (κ1) is 20.1. The summed E-state index contributed by atoms with van der Waals surface area (Å²) in [4.78, 5) is 23.7. The summed E-state index contributed by atoms with van der Waals surface area (Å²) >= 11 is 0. The van der Waals surface area contributed by atoms with Crippen LogP contribution < -0.4 is 5.32 Å². The third kappa shape index (κ3) is 5.19. The molecular formula is C21H21N3O5. The van der Waals surface area contributed by atoms with Crippen LogP contribution in [0.15, 0.2) is 59.0 Å². The summed E-state index contributed by atoms with van der Waals surface area (Å²) in [5, 5.41) is 10.7. The van der Waals surface area contributed by atoms with Crippen LogP contribution in [-0.2, 0) is 20.7 Å². The first-order chi connectivity index (χ1) is 14.1. The van der Waals surface area contributed by atoms with E-state index >= 15 is 0 Å². The van der Waals surface area contributed by atoms with Crippen molar-refractivity contribution in [3.8, 4) is 11.5 Å². The number of methoxy groups -OCH3 is 1. The number of hydrogen-bond acceptors (Lipinski definition) is 7. The van der Waals surface area contributed by atoms with Crippen molar-refractivity contribution in [2.45, 2.75) is 19.3 Å². The van der Waals surface area contributed by atoms with Gasteiger partial charge in [0.25, 0.3) is 0 Å². The van der Waals surface area contributed by atoms with E-state index in [9.17, 15) is 9.59 Å². The molecule has 1 N–H and O–H groups in total. The van der Waals surface area contributed by atoms with Crippen molar-refractivity contribution in [2.75, 3.05) is 19.0 Å². The highest BCUT2D eigenvalue weighted by molar-refractivity contribution is 5.84. The largest absolute Gasteiger partial charge is 0.465 e. The number of amides is 1. The van der Waals surface area contributed by atoms with Gasteiger partial charge in [-0.2, -0.15) is 0 Å². The van der Waals surface area contributed by atoms with Gasteiger partial charge in [0.05, 0.1) is 13.7 Å². The van der Waals surface area contributed by atoms with Crippen LogP contribution in [0.2, 0.25) is 0 Å². The first-order valence-electron chi connectivity index (χ1n) is 9.10. The molecule has 8 heteroatoms. The summed E-state index contributed by atoms with van der Waals surface area (Å²) in [5.74, 6) is -0.644. The summed E-state index contributed by atoms with van der Waals surface area (Å²) in [6.07, 6.45) is -0.167. The maximum absolute atomic E-state index is 12.5. The van der Waals surface area contributed by atoms with Crippen LogP contribution in [0.4, 0.5) is 10.5 Å². The number of ether oxygens (including phenoxy) is 2. The molecule has 0 radical (unpaired) electrons. The maximum Gasteiger partial charge on any atom is 0.411 e. The van der Waals surface area contributed by atoms with E-state index in [2.05, 4.69) is 20.3 Å². The van der Waals surface area contributed by atoms with Crippen LogP contribution in [0, 0.1) is 0 Å². The number of hydrogen-bond donors (Lipinski definition) is 1. The molecule has 0 bridgehead atoms. The second kappa shape index (κ2) is 9.50. The van der Waals surface area contributed by atoms with E-state index in [4.69, 9.17) is 9.15 Å². The zero-order valence-electron chi connectivity index (χ0n) is 16.1. The van der Waals surface area contributed by atoms with Crippen molar-refractivity contribution < 1.29 is 23.5 Å². The molecule has 1 amide bonds. The van der Waals surface area contributed by atoms with Gasteiger partial charge >= 0.3 is 12.1 Å². The number of nitrogens with one attached hydrogen (secondary N) is 1. The van der Waals surface area contributed by atoms with Gasteiger partial charge in [0.1, 0.15) is 5.92 Å². The van der Waals surface area contributed by atoms with Gasteiger partial charge in [-0.1, -0.05) is 30.3 Å². The number of anilines is 1. The average Bonchev–Trinajstić information content (AvgIpc) is 3.23. The molecule has 0 saturated carbocycles. The third-order valence-electron chi connectivity index (χ3n) is 4.16. The first-order valence-corrected chi connectivity index (χ1v) is 9.10. The van der Waals surface area contributed by atoms with Gasteiger partial charge in [0.2, 0.25) is 11.8 Å². The van der Waals surface area contributed by atoms with E-state index < -0.39 is 18.0 Å². The number of benzene rings is 2. The monoisotopic (exact) mass is 395 g/mol. The molecule has 2 aromatic carbocycles. The summed E-state index contributed by atoms with van der Waals surface area (Å²) in [6, 6.07) is 16.4. The van der Waals surface area contributed by atoms with Crippen LogP contribution in [0.3, 0.4) is 0 Å². The van der Waals surface area contributed by atoms with Crippen molar-refractivity contribution in [3.63, 3.8) is 0 Å². The zero-order valence-corrected chi connectivity index (χ0v) is 16.1. The fraction of sp³-hybridized carbons (Fsp3) is 0.238. The van der Waals surface area contributed by atoms with Crippen molar-refractivity contribution in [2.24, 2.45) is 0 Å². The predicted molar refractivity (Wildman–Crippen MR) is 105 cm³/mol. The van der Waals surface area contributed by atoms with Crippen LogP contribution >= 0.6 is 0 Å². The minimum absolute atomic E-state index is 0.194. The smallest absolute Gasteiger partial charge is 0.411 e. The van der Waals surface area contributed by atoms with E-state index in [1.54, 1.807) is 31.2 Å². The van der Waals surface area contributed by atoms with E-state index in [1.807, 2.05) is 30.3 Å². The molecule has 0 aliphatic rings. The molecule has 3 aromatic rings. The summed E-state index contributed by atoms with van der Waals surface area (Å²) in [6.45, 7) is 2.01. The molecule has 1 aromatic heterocycles. The summed E-state index contributed by atoms with van der Waals surface area (Å²) in [5.41, 5.74) is 2.18. The molecule has 150 valence electrons. The second-order valence-corrected chi connectivity index (χ2v) is 6.13. The van der Waals surface area contributed by atoms with Gasteiger partial charge in [-0.15, -0.1) is 10.2 Å². The van der Waals surface area contributed by atoms with Gasteiger partial charge in [-0.05, 0) is 43.2 Å². The number of rotatable bonds is 7. The normalized spacial score (nSPS) is 11.5. The zero-order chi connectivity index (χ0) is 20.6. The van der Waals surface area contributed by atoms with Gasteiger partial charge in [-0.3, -0.25) is 10.1 Å². The molecule has 0 aliphatic carbocycles. The SMILES string of the molecule is CCOC(=O)C(Cc1ccccc1)c1nnc(-c2ccc(NC(=O)OC)cc2)o1. The lowest BCUT2D eigenvalue weighted by Gasteiger charge is -2.12. The van der Waals surface area contributed by atoms with Crippen LogP contribution in [0.5, 0.6) is 0 Å². The van der Waals surface area contributed by atoms with E-state index in [0.717, 1.165) is 5.56 Å². The van der Waals surface area contributed by atoms with Crippen molar-refractivity contribution in [1.29, 1.82) is 0 Å². The minimum atomic E-state index is -0.695. The number of esters is 1. The van der Waals surface area contributed by atoms with Gasteiger partial charge in [0.15, 0.2) is 0 Å². The predicted octanol–water partition coefficient (Wildman–Crippen LogP) is 3.80. The Morgan fingerprint density at radius 2 is 1.79 bits per heavy atom. The Balaban J connectivity index is 1.81. The van der Waals surface area contributed by atoms with E-state index in [0.29, 0.717) is 17.7 Å². The lowest BCUT2D eigenvalue weighted by atomic mass is 9.99. The van der Waals surface area contributed by atoms with E-state index in [-0.39, 0.29) is 18.4 Å². The fourth-order valence-electron chi connectivity index (χ4n) is 2.72. The molecule has 0 spiro atoms. The molecule has 0 aliphatic heterocycles. The fourth-order valence-corrected chi connectivity index (χ4v) is 2.72. The van der Waals surface area contributed by atoms with Crippen molar-refractivity contribution in [1.82, 2.24) is 10.2 Å². The highest BCUT2D eigenvalue weighted by Crippen LogP contribution is 2.26. The molecule has 1 atom stereocenters. The van der Waals surface area contributed by atoms with Gasteiger partial charge < -0.3 is 13.9 Å². The van der Waals surface area contributed by atoms with Crippen molar-refractivity contribution in [3.05, 3.63) is 66.1 Å². The minimum Gasteiger partial charge on any atom is -0.465 e. The van der Waals surface area contributed by atoms with Gasteiger partial charge in [-0.25, -0.2) is 4.79 Å². The maximum atomic E-state index is 12.5. The lowest BCUT2D eigenvalue weighted by Crippen LogP contribution is -2.18. The number of carbonyl (C=O) groups excluding carboxylic acids is 2. The standard InChI is InChI=1S/C21H21N3O5/c1-3-28-20(25)17(13-14-7-5-4-6-8-14)19-24-23-18(29-19)15-9-11-16(12-10-15)22-21(26)27-2/h4-12,17H,3,13H2,1-2H3,(H,22,26). The third-order valence-corrected chi connectivity index (χ3v) is 4.16. The molecule has 8 nitrogen and oxygen atoms in total. The van der Waals surface area contributed by atoms with Crippen LogP contribution in [0.25, 0.3) is 11.5 Å². The Morgan fingerprint density at radius 1 is 1.07 bits per heavy atom. The summed E-state index contributed by atoms with van der Waals surface area (Å²) in [7, 11) is 1.29. The molecular weight excluding hydrogens is 374 g/mol. The molecule has 1 unspecified atom stereocenters. The quantitative estimate of drug-likeness (QED) is 0.607. The molecule has 0 saturated heterocycles. The molecule has 3 rings (SSSR count). The Bertz CT molecular complexity index is 954. The van der Waals surface area contributed by atoms with E-state index in [1.165, 1.54) is 7.11 Å².